The molecule has 7 nitrogen and oxygen atoms in total. The minimum atomic E-state index is -0.382. The fourth-order valence-corrected chi connectivity index (χ4v) is 4.93. The zero-order valence-corrected chi connectivity index (χ0v) is 21.5. The van der Waals surface area contributed by atoms with Crippen molar-refractivity contribution in [2.45, 2.75) is 33.2 Å². The van der Waals surface area contributed by atoms with Crippen molar-refractivity contribution in [3.63, 3.8) is 0 Å². The van der Waals surface area contributed by atoms with Crippen LogP contribution in [0.4, 0.5) is 4.39 Å². The maximum Gasteiger partial charge on any atom is 0.255 e. The first kappa shape index (κ1) is 24.6. The summed E-state index contributed by atoms with van der Waals surface area (Å²) in [7, 11) is 3.94. The van der Waals surface area contributed by atoms with Crippen molar-refractivity contribution in [3.05, 3.63) is 87.3 Å². The molecule has 0 aliphatic heterocycles. The number of Topliss-reactive ketones (excluding diaryl/α,β-unsaturated/α-hetero) is 1. The number of ketones is 1. The van der Waals surface area contributed by atoms with Crippen molar-refractivity contribution in [1.29, 1.82) is 0 Å². The summed E-state index contributed by atoms with van der Waals surface area (Å²) in [6, 6.07) is 10.7. The lowest BCUT2D eigenvalue weighted by Gasteiger charge is -2.14. The fourth-order valence-electron chi connectivity index (χ4n) is 4.93. The Morgan fingerprint density at radius 3 is 2.68 bits per heavy atom. The van der Waals surface area contributed by atoms with Gasteiger partial charge in [-0.2, -0.15) is 5.10 Å². The molecule has 0 saturated heterocycles. The van der Waals surface area contributed by atoms with Gasteiger partial charge in [-0.3, -0.25) is 14.7 Å². The zero-order chi connectivity index (χ0) is 26.3. The monoisotopic (exact) mass is 499 g/mol. The summed E-state index contributed by atoms with van der Waals surface area (Å²) >= 11 is 0. The summed E-state index contributed by atoms with van der Waals surface area (Å²) in [6.07, 6.45) is 4.22. The summed E-state index contributed by atoms with van der Waals surface area (Å²) in [4.78, 5) is 31.6. The van der Waals surface area contributed by atoms with E-state index in [-0.39, 0.29) is 23.7 Å². The standard InChI is InChI=1S/C29H30FN5O2/c1-17-11-22-25(12-18(17)2)35(16-20-13-19-15-32-33-24(19)14-23(20)30)28(26(36)8-6-10-34(3)4)27(22)21-7-5-9-31-29(21)37/h5,7,9,11-15H,6,8,10,16H2,1-4H3,(H,31,37)(H,32,33). The van der Waals surface area contributed by atoms with Crippen LogP contribution in [-0.4, -0.2) is 51.1 Å². The predicted octanol–water partition coefficient (Wildman–Crippen LogP) is 5.20. The zero-order valence-electron chi connectivity index (χ0n) is 21.5. The number of carbonyl (C=O) groups is 1. The van der Waals surface area contributed by atoms with Gasteiger partial charge in [0.2, 0.25) is 0 Å². The third-order valence-electron chi connectivity index (χ3n) is 6.98. The first-order valence-electron chi connectivity index (χ1n) is 12.4. The number of halogens is 1. The molecule has 3 heterocycles. The van der Waals surface area contributed by atoms with Crippen molar-refractivity contribution < 1.29 is 9.18 Å². The fraction of sp³-hybridized carbons (Fsp3) is 0.276. The van der Waals surface area contributed by atoms with Gasteiger partial charge in [-0.15, -0.1) is 0 Å². The van der Waals surface area contributed by atoms with E-state index in [0.29, 0.717) is 40.7 Å². The number of aromatic amines is 2. The van der Waals surface area contributed by atoms with Crippen LogP contribution in [0.5, 0.6) is 0 Å². The van der Waals surface area contributed by atoms with E-state index in [9.17, 15) is 9.59 Å². The highest BCUT2D eigenvalue weighted by Crippen LogP contribution is 2.37. The van der Waals surface area contributed by atoms with Crippen molar-refractivity contribution in [1.82, 2.24) is 24.6 Å². The summed E-state index contributed by atoms with van der Waals surface area (Å²) in [6.45, 7) is 4.93. The molecule has 5 rings (SSSR count). The number of aryl methyl sites for hydroxylation is 2. The average Bonchev–Trinajstić information content (AvgIpc) is 3.42. The molecular weight excluding hydrogens is 469 g/mol. The molecule has 5 aromatic rings. The SMILES string of the molecule is Cc1cc2c(-c3ccc[nH]c3=O)c(C(=O)CCCN(C)C)n(Cc3cc4cn[nH]c4cc3F)c2cc1C. The molecule has 0 saturated carbocycles. The molecule has 8 heteroatoms. The molecule has 0 fully saturated rings. The predicted molar refractivity (Wildman–Crippen MR) is 145 cm³/mol. The Morgan fingerprint density at radius 1 is 1.14 bits per heavy atom. The van der Waals surface area contributed by atoms with Gasteiger partial charge < -0.3 is 14.5 Å². The second-order valence-electron chi connectivity index (χ2n) is 9.91. The molecule has 0 spiro atoms. The number of fused-ring (bicyclic) bond motifs is 2. The van der Waals surface area contributed by atoms with Crippen molar-refractivity contribution in [2.24, 2.45) is 0 Å². The Hall–Kier alpha value is -4.04. The van der Waals surface area contributed by atoms with Gasteiger partial charge in [-0.05, 0) is 88.4 Å². The number of hydrogen-bond donors (Lipinski definition) is 2. The molecule has 0 aliphatic carbocycles. The van der Waals surface area contributed by atoms with Crippen LogP contribution in [0, 0.1) is 19.7 Å². The van der Waals surface area contributed by atoms with Gasteiger partial charge in [-0.25, -0.2) is 4.39 Å². The van der Waals surface area contributed by atoms with Gasteiger partial charge in [0.05, 0.1) is 24.0 Å². The number of benzene rings is 2. The van der Waals surface area contributed by atoms with E-state index in [2.05, 4.69) is 15.2 Å². The van der Waals surface area contributed by atoms with Crippen molar-refractivity contribution in [2.75, 3.05) is 20.6 Å². The van der Waals surface area contributed by atoms with Gasteiger partial charge in [-0.1, -0.05) is 0 Å². The second kappa shape index (κ2) is 9.78. The smallest absolute Gasteiger partial charge is 0.255 e. The largest absolute Gasteiger partial charge is 0.333 e. The van der Waals surface area contributed by atoms with E-state index in [4.69, 9.17) is 0 Å². The molecular formula is C29H30FN5O2. The quantitative estimate of drug-likeness (QED) is 0.287. The number of rotatable bonds is 8. The lowest BCUT2D eigenvalue weighted by Crippen LogP contribution is -2.17. The molecule has 2 N–H and O–H groups in total. The topological polar surface area (TPSA) is 86.8 Å². The van der Waals surface area contributed by atoms with Gasteiger partial charge in [0, 0.05) is 45.6 Å². The van der Waals surface area contributed by atoms with E-state index in [0.717, 1.165) is 34.0 Å². The normalized spacial score (nSPS) is 11.7. The molecule has 0 amide bonds. The highest BCUT2D eigenvalue weighted by atomic mass is 19.1. The number of H-pyrrole nitrogens is 2. The van der Waals surface area contributed by atoms with Crippen LogP contribution in [0.2, 0.25) is 0 Å². The van der Waals surface area contributed by atoms with Crippen LogP contribution in [-0.2, 0) is 6.54 Å². The van der Waals surface area contributed by atoms with Crippen molar-refractivity contribution >= 4 is 27.6 Å². The Labute approximate surface area is 213 Å². The first-order chi connectivity index (χ1) is 17.7. The highest BCUT2D eigenvalue weighted by molar-refractivity contribution is 6.11. The van der Waals surface area contributed by atoms with Crippen LogP contribution in [0.15, 0.2) is 53.6 Å². The lowest BCUT2D eigenvalue weighted by atomic mass is 9.98. The Kier molecular flexibility index (Phi) is 6.52. The first-order valence-corrected chi connectivity index (χ1v) is 12.4. The maximum absolute atomic E-state index is 15.2. The van der Waals surface area contributed by atoms with Crippen LogP contribution < -0.4 is 5.56 Å². The number of nitrogens with one attached hydrogen (secondary N) is 2. The molecule has 3 aromatic heterocycles. The third kappa shape index (κ3) is 4.60. The van der Waals surface area contributed by atoms with Gasteiger partial charge in [0.25, 0.3) is 5.56 Å². The highest BCUT2D eigenvalue weighted by Gasteiger charge is 2.26. The second-order valence-corrected chi connectivity index (χ2v) is 9.91. The number of hydrogen-bond acceptors (Lipinski definition) is 4. The van der Waals surface area contributed by atoms with Gasteiger partial charge in [0.15, 0.2) is 5.78 Å². The molecule has 2 aromatic carbocycles. The van der Waals surface area contributed by atoms with E-state index < -0.39 is 0 Å². The molecule has 190 valence electrons. The number of pyridine rings is 1. The summed E-state index contributed by atoms with van der Waals surface area (Å²) in [5.74, 6) is -0.455. The Morgan fingerprint density at radius 2 is 1.92 bits per heavy atom. The lowest BCUT2D eigenvalue weighted by molar-refractivity contribution is 0.0970. The summed E-state index contributed by atoms with van der Waals surface area (Å²) in [5.41, 5.74) is 5.14. The van der Waals surface area contributed by atoms with Gasteiger partial charge >= 0.3 is 0 Å². The average molecular weight is 500 g/mol. The molecule has 37 heavy (non-hydrogen) atoms. The van der Waals surface area contributed by atoms with Crippen LogP contribution in [0.25, 0.3) is 32.9 Å². The molecule has 0 unspecified atom stereocenters. The Bertz CT molecular complexity index is 1690. The summed E-state index contributed by atoms with van der Waals surface area (Å²) in [5, 5.41) is 8.41. The summed E-state index contributed by atoms with van der Waals surface area (Å²) < 4.78 is 17.1. The van der Waals surface area contributed by atoms with Crippen LogP contribution in [0.1, 0.15) is 40.0 Å². The molecule has 0 atom stereocenters. The van der Waals surface area contributed by atoms with E-state index >= 15 is 4.39 Å². The van der Waals surface area contributed by atoms with Gasteiger partial charge in [0.1, 0.15) is 5.82 Å². The number of aromatic nitrogens is 4. The van der Waals surface area contributed by atoms with E-state index in [1.807, 2.05) is 49.5 Å². The van der Waals surface area contributed by atoms with Crippen LogP contribution in [0.3, 0.4) is 0 Å². The molecule has 0 radical (unpaired) electrons. The Balaban J connectivity index is 1.78. The van der Waals surface area contributed by atoms with E-state index in [1.54, 1.807) is 30.6 Å². The van der Waals surface area contributed by atoms with E-state index in [1.165, 1.54) is 6.07 Å². The van der Waals surface area contributed by atoms with Crippen molar-refractivity contribution in [3.8, 4) is 11.1 Å². The number of carbonyl (C=O) groups excluding carboxylic acids is 1. The third-order valence-corrected chi connectivity index (χ3v) is 6.98. The molecule has 0 aliphatic rings. The molecule has 0 bridgehead atoms. The number of nitrogens with zero attached hydrogens (tertiary/aromatic N) is 3. The minimum absolute atomic E-state index is 0.0728. The minimum Gasteiger partial charge on any atom is -0.333 e. The van der Waals surface area contributed by atoms with Crippen LogP contribution >= 0.6 is 0 Å². The maximum atomic E-state index is 15.2.